The summed E-state index contributed by atoms with van der Waals surface area (Å²) in [6, 6.07) is 5.85. The van der Waals surface area contributed by atoms with Crippen molar-refractivity contribution in [3.63, 3.8) is 0 Å². The number of ether oxygens (including phenoxy) is 1. The van der Waals surface area contributed by atoms with Crippen molar-refractivity contribution in [3.05, 3.63) is 29.3 Å². The van der Waals surface area contributed by atoms with Crippen LogP contribution in [0.1, 0.15) is 44.7 Å². The largest absolute Gasteiger partial charge is 0.443 e. The first kappa shape index (κ1) is 16.8. The molecule has 2 aliphatic rings. The lowest BCUT2D eigenvalue weighted by Gasteiger charge is -2.21. The van der Waals surface area contributed by atoms with Gasteiger partial charge < -0.3 is 9.64 Å². The van der Waals surface area contributed by atoms with Gasteiger partial charge in [-0.05, 0) is 69.7 Å². The molecule has 1 fully saturated rings. The van der Waals surface area contributed by atoms with Gasteiger partial charge in [-0.3, -0.25) is 10.2 Å². The van der Waals surface area contributed by atoms with Crippen LogP contribution in [0.3, 0.4) is 0 Å². The molecule has 2 amide bonds. The molecule has 0 aromatic heterocycles. The maximum Gasteiger partial charge on any atom is 0.422 e. The molecular formula is C18H25N3O3. The summed E-state index contributed by atoms with van der Waals surface area (Å²) in [4.78, 5) is 26.0. The van der Waals surface area contributed by atoms with Crippen molar-refractivity contribution in [2.24, 2.45) is 0 Å². The summed E-state index contributed by atoms with van der Waals surface area (Å²) in [5.74, 6) is -0.0241. The van der Waals surface area contributed by atoms with Gasteiger partial charge in [0.15, 0.2) is 0 Å². The zero-order valence-corrected chi connectivity index (χ0v) is 14.5. The van der Waals surface area contributed by atoms with Gasteiger partial charge >= 0.3 is 6.09 Å². The highest BCUT2D eigenvalue weighted by atomic mass is 16.6. The van der Waals surface area contributed by atoms with Crippen LogP contribution >= 0.6 is 0 Å². The Kier molecular flexibility index (Phi) is 4.49. The number of nitrogens with zero attached hydrogens (tertiary/aromatic N) is 1. The van der Waals surface area contributed by atoms with Crippen LogP contribution in [-0.4, -0.2) is 30.2 Å². The zero-order chi connectivity index (χ0) is 17.3. The van der Waals surface area contributed by atoms with Crippen molar-refractivity contribution in [1.82, 2.24) is 10.9 Å². The minimum Gasteiger partial charge on any atom is -0.443 e. The fraction of sp³-hybridized carbons (Fsp3) is 0.556. The summed E-state index contributed by atoms with van der Waals surface area (Å²) >= 11 is 0. The van der Waals surface area contributed by atoms with E-state index in [0.29, 0.717) is 13.0 Å². The lowest BCUT2D eigenvalue weighted by Crippen LogP contribution is -2.49. The predicted octanol–water partition coefficient (Wildman–Crippen LogP) is 2.31. The highest BCUT2D eigenvalue weighted by molar-refractivity contribution is 5.99. The number of aryl methyl sites for hydroxylation is 2. The molecule has 0 unspecified atom stereocenters. The number of carbonyl (C=O) groups is 2. The third-order valence-electron chi connectivity index (χ3n) is 4.35. The Morgan fingerprint density at radius 1 is 1.25 bits per heavy atom. The minimum absolute atomic E-state index is 0.0241. The Labute approximate surface area is 142 Å². The van der Waals surface area contributed by atoms with Crippen LogP contribution in [0, 0.1) is 0 Å². The Bertz CT molecular complexity index is 651. The van der Waals surface area contributed by atoms with E-state index >= 15 is 0 Å². The first-order valence-corrected chi connectivity index (χ1v) is 8.51. The van der Waals surface area contributed by atoms with Gasteiger partial charge in [-0.25, -0.2) is 10.2 Å². The first-order chi connectivity index (χ1) is 11.3. The number of nitrogens with one attached hydrogen (secondary N) is 2. The van der Waals surface area contributed by atoms with Crippen LogP contribution in [0.2, 0.25) is 0 Å². The maximum atomic E-state index is 12.6. The van der Waals surface area contributed by atoms with E-state index in [0.717, 1.165) is 18.5 Å². The molecule has 24 heavy (non-hydrogen) atoms. The summed E-state index contributed by atoms with van der Waals surface area (Å²) in [6.45, 7) is 6.03. The summed E-state index contributed by atoms with van der Waals surface area (Å²) in [5, 5.41) is 0. The van der Waals surface area contributed by atoms with Crippen molar-refractivity contribution in [1.29, 1.82) is 0 Å². The number of rotatable bonds is 3. The number of fused-ring (bicyclic) bond motifs is 1. The van der Waals surface area contributed by atoms with E-state index in [2.05, 4.69) is 23.0 Å². The van der Waals surface area contributed by atoms with Gasteiger partial charge in [0.05, 0.1) is 0 Å². The van der Waals surface area contributed by atoms with Crippen LogP contribution in [0.5, 0.6) is 0 Å². The molecule has 6 nitrogen and oxygen atoms in total. The van der Waals surface area contributed by atoms with Gasteiger partial charge in [-0.1, -0.05) is 6.07 Å². The van der Waals surface area contributed by atoms with Crippen LogP contribution in [0.15, 0.2) is 18.2 Å². The van der Waals surface area contributed by atoms with Crippen LogP contribution in [0.25, 0.3) is 0 Å². The maximum absolute atomic E-state index is 12.6. The molecule has 1 aromatic rings. The van der Waals surface area contributed by atoms with Gasteiger partial charge in [-0.2, -0.15) is 0 Å². The van der Waals surface area contributed by atoms with Gasteiger partial charge in [0.1, 0.15) is 11.6 Å². The van der Waals surface area contributed by atoms with Crippen molar-refractivity contribution in [2.45, 2.75) is 58.1 Å². The summed E-state index contributed by atoms with van der Waals surface area (Å²) in [7, 11) is 0. The second kappa shape index (κ2) is 6.43. The van der Waals surface area contributed by atoms with E-state index in [9.17, 15) is 9.59 Å². The predicted molar refractivity (Wildman–Crippen MR) is 91.7 cm³/mol. The van der Waals surface area contributed by atoms with Crippen LogP contribution in [0.4, 0.5) is 10.5 Å². The number of amides is 2. The number of hydrogen-bond donors (Lipinski definition) is 2. The van der Waals surface area contributed by atoms with Gasteiger partial charge in [0.25, 0.3) is 0 Å². The standard InChI is InChI=1S/C18H25N3O3/c1-18(2,3)24-17(23)20-19-15-9-10-21(16(15)22)14-8-7-12-5-4-6-13(12)11-14/h7-8,11,15,19H,4-6,9-10H2,1-3H3,(H,20,23)/t15-/m0/s1. The molecule has 0 radical (unpaired) electrons. The summed E-state index contributed by atoms with van der Waals surface area (Å²) < 4.78 is 5.16. The quantitative estimate of drug-likeness (QED) is 0.834. The number of anilines is 1. The van der Waals surface area contributed by atoms with Crippen LogP contribution < -0.4 is 15.8 Å². The zero-order valence-electron chi connectivity index (χ0n) is 14.5. The Hall–Kier alpha value is -2.08. The summed E-state index contributed by atoms with van der Waals surface area (Å²) in [5.41, 5.74) is 8.38. The minimum atomic E-state index is -0.578. The molecule has 1 aromatic carbocycles. The Morgan fingerprint density at radius 3 is 2.75 bits per heavy atom. The molecular weight excluding hydrogens is 306 g/mol. The molecule has 0 saturated carbocycles. The Morgan fingerprint density at radius 2 is 2.00 bits per heavy atom. The lowest BCUT2D eigenvalue weighted by atomic mass is 10.1. The fourth-order valence-electron chi connectivity index (χ4n) is 3.25. The first-order valence-electron chi connectivity index (χ1n) is 8.51. The van der Waals surface area contributed by atoms with E-state index in [1.54, 1.807) is 25.7 Å². The SMILES string of the molecule is CC(C)(C)OC(=O)NN[C@H]1CCN(c2ccc3c(c2)CCC3)C1=O. The number of carbonyl (C=O) groups excluding carboxylic acids is 2. The normalized spacial score (nSPS) is 20.2. The molecule has 0 spiro atoms. The molecule has 2 N–H and O–H groups in total. The lowest BCUT2D eigenvalue weighted by molar-refractivity contribution is -0.119. The number of benzene rings is 1. The van der Waals surface area contributed by atoms with E-state index in [1.807, 2.05) is 6.07 Å². The topological polar surface area (TPSA) is 70.7 Å². The highest BCUT2D eigenvalue weighted by Crippen LogP contribution is 2.29. The highest BCUT2D eigenvalue weighted by Gasteiger charge is 2.33. The van der Waals surface area contributed by atoms with E-state index < -0.39 is 17.7 Å². The molecule has 1 atom stereocenters. The van der Waals surface area contributed by atoms with Gasteiger partial charge in [-0.15, -0.1) is 0 Å². The van der Waals surface area contributed by atoms with Gasteiger partial charge in [0.2, 0.25) is 5.91 Å². The van der Waals surface area contributed by atoms with Crippen molar-refractivity contribution in [3.8, 4) is 0 Å². The second-order valence-corrected chi connectivity index (χ2v) is 7.41. The smallest absolute Gasteiger partial charge is 0.422 e. The summed E-state index contributed by atoms with van der Waals surface area (Å²) in [6.07, 6.45) is 3.48. The number of hydrogen-bond acceptors (Lipinski definition) is 4. The van der Waals surface area contributed by atoms with Crippen molar-refractivity contribution >= 4 is 17.7 Å². The third-order valence-corrected chi connectivity index (χ3v) is 4.35. The fourth-order valence-corrected chi connectivity index (χ4v) is 3.25. The molecule has 1 saturated heterocycles. The molecule has 6 heteroatoms. The average molecular weight is 331 g/mol. The molecule has 1 aliphatic carbocycles. The molecule has 130 valence electrons. The van der Waals surface area contributed by atoms with Gasteiger partial charge in [0, 0.05) is 12.2 Å². The van der Waals surface area contributed by atoms with E-state index in [4.69, 9.17) is 4.74 Å². The molecule has 0 bridgehead atoms. The monoisotopic (exact) mass is 331 g/mol. The molecule has 3 rings (SSSR count). The van der Waals surface area contributed by atoms with E-state index in [-0.39, 0.29) is 5.91 Å². The third kappa shape index (κ3) is 3.70. The average Bonchev–Trinajstić information content (AvgIpc) is 3.09. The van der Waals surface area contributed by atoms with Crippen molar-refractivity contribution in [2.75, 3.05) is 11.4 Å². The molecule has 1 aliphatic heterocycles. The Balaban J connectivity index is 1.58. The van der Waals surface area contributed by atoms with E-state index in [1.165, 1.54) is 17.5 Å². The second-order valence-electron chi connectivity index (χ2n) is 7.41. The molecule has 1 heterocycles. The number of hydrazine groups is 1. The van der Waals surface area contributed by atoms with Crippen molar-refractivity contribution < 1.29 is 14.3 Å². The van der Waals surface area contributed by atoms with Crippen LogP contribution in [-0.2, 0) is 22.4 Å².